The molecule has 0 radical (unpaired) electrons. The van der Waals surface area contributed by atoms with E-state index in [-0.39, 0.29) is 11.8 Å². The van der Waals surface area contributed by atoms with E-state index in [1.807, 2.05) is 54.6 Å². The van der Waals surface area contributed by atoms with E-state index in [0.29, 0.717) is 12.5 Å². The Hall–Kier alpha value is -3.08. The van der Waals surface area contributed by atoms with E-state index < -0.39 is 0 Å². The Bertz CT molecular complexity index is 887. The van der Waals surface area contributed by atoms with Crippen LogP contribution in [0.5, 0.6) is 5.75 Å². The number of hydrogen-bond acceptors (Lipinski definition) is 3. The molecule has 2 atom stereocenters. The molecule has 3 aromatic rings. The first-order valence-electron chi connectivity index (χ1n) is 8.75. The standard InChI is InChI=1S/C21H21N3O2/c1-26-16-9-7-14(8-10-16)17-11-18(17)21(25)23-13-20-22-12-19(24-20)15-5-3-2-4-6-15/h2-10,12,17-18H,11,13H2,1H3,(H,22,24)(H,23,25)/t17-,18+/m0/s1. The second-order valence-corrected chi connectivity index (χ2v) is 6.55. The zero-order valence-corrected chi connectivity index (χ0v) is 14.6. The summed E-state index contributed by atoms with van der Waals surface area (Å²) in [5.41, 5.74) is 3.23. The van der Waals surface area contributed by atoms with Crippen molar-refractivity contribution in [3.8, 4) is 17.0 Å². The normalized spacial score (nSPS) is 18.3. The lowest BCUT2D eigenvalue weighted by atomic mass is 10.1. The summed E-state index contributed by atoms with van der Waals surface area (Å²) in [6, 6.07) is 18.0. The Labute approximate surface area is 152 Å². The summed E-state index contributed by atoms with van der Waals surface area (Å²) >= 11 is 0. The Morgan fingerprint density at radius 1 is 1.19 bits per heavy atom. The van der Waals surface area contributed by atoms with Gasteiger partial charge in [-0.2, -0.15) is 0 Å². The average molecular weight is 347 g/mol. The van der Waals surface area contributed by atoms with Crippen LogP contribution in [0.1, 0.15) is 23.7 Å². The van der Waals surface area contributed by atoms with Crippen molar-refractivity contribution in [2.24, 2.45) is 5.92 Å². The second-order valence-electron chi connectivity index (χ2n) is 6.55. The van der Waals surface area contributed by atoms with E-state index in [1.54, 1.807) is 13.3 Å². The molecule has 4 rings (SSSR count). The molecule has 0 aliphatic heterocycles. The minimum Gasteiger partial charge on any atom is -0.497 e. The Morgan fingerprint density at radius 2 is 1.96 bits per heavy atom. The molecule has 5 heteroatoms. The fourth-order valence-corrected chi connectivity index (χ4v) is 3.22. The van der Waals surface area contributed by atoms with Crippen LogP contribution in [0.2, 0.25) is 0 Å². The number of nitrogens with zero attached hydrogens (tertiary/aromatic N) is 1. The topological polar surface area (TPSA) is 67.0 Å². The van der Waals surface area contributed by atoms with Gasteiger partial charge in [0.15, 0.2) is 0 Å². The molecule has 1 aliphatic rings. The van der Waals surface area contributed by atoms with E-state index in [9.17, 15) is 4.79 Å². The molecule has 0 bridgehead atoms. The number of rotatable bonds is 6. The van der Waals surface area contributed by atoms with E-state index in [1.165, 1.54) is 5.56 Å². The van der Waals surface area contributed by atoms with Crippen LogP contribution in [-0.4, -0.2) is 23.0 Å². The SMILES string of the molecule is COc1ccc([C@@H]2C[C@H]2C(=O)NCc2ncc(-c3ccccc3)[nH]2)cc1. The van der Waals surface area contributed by atoms with Gasteiger partial charge in [0.05, 0.1) is 25.5 Å². The number of ether oxygens (including phenoxy) is 1. The van der Waals surface area contributed by atoms with Gasteiger partial charge >= 0.3 is 0 Å². The fourth-order valence-electron chi connectivity index (χ4n) is 3.22. The number of benzene rings is 2. The summed E-state index contributed by atoms with van der Waals surface area (Å²) in [6.07, 6.45) is 2.69. The van der Waals surface area contributed by atoms with Crippen molar-refractivity contribution in [2.75, 3.05) is 7.11 Å². The largest absolute Gasteiger partial charge is 0.497 e. The molecule has 132 valence electrons. The van der Waals surface area contributed by atoms with E-state index >= 15 is 0 Å². The Kier molecular flexibility index (Phi) is 4.44. The minimum atomic E-state index is 0.0481. The summed E-state index contributed by atoms with van der Waals surface area (Å²) < 4.78 is 5.18. The maximum Gasteiger partial charge on any atom is 0.224 e. The minimum absolute atomic E-state index is 0.0481. The lowest BCUT2D eigenvalue weighted by molar-refractivity contribution is -0.122. The van der Waals surface area contributed by atoms with Gasteiger partial charge in [-0.05, 0) is 35.6 Å². The van der Waals surface area contributed by atoms with E-state index in [4.69, 9.17) is 4.74 Å². The van der Waals surface area contributed by atoms with Gasteiger partial charge in [0, 0.05) is 5.92 Å². The third kappa shape index (κ3) is 3.47. The highest BCUT2D eigenvalue weighted by atomic mass is 16.5. The van der Waals surface area contributed by atoms with Crippen LogP contribution in [0.25, 0.3) is 11.3 Å². The van der Waals surface area contributed by atoms with Crippen LogP contribution < -0.4 is 10.1 Å². The summed E-state index contributed by atoms with van der Waals surface area (Å²) in [5, 5.41) is 2.99. The van der Waals surface area contributed by atoms with Gasteiger partial charge in [-0.1, -0.05) is 42.5 Å². The highest BCUT2D eigenvalue weighted by molar-refractivity contribution is 5.82. The predicted molar refractivity (Wildman–Crippen MR) is 99.7 cm³/mol. The van der Waals surface area contributed by atoms with Crippen molar-refractivity contribution in [3.63, 3.8) is 0 Å². The van der Waals surface area contributed by atoms with Gasteiger partial charge in [0.2, 0.25) is 5.91 Å². The molecule has 1 aliphatic carbocycles. The fraction of sp³-hybridized carbons (Fsp3) is 0.238. The third-order valence-electron chi connectivity index (χ3n) is 4.81. The second kappa shape index (κ2) is 7.04. The Morgan fingerprint density at radius 3 is 2.69 bits per heavy atom. The van der Waals surface area contributed by atoms with E-state index in [0.717, 1.165) is 29.3 Å². The maximum atomic E-state index is 12.4. The average Bonchev–Trinajstić information content (AvgIpc) is 3.36. The summed E-state index contributed by atoms with van der Waals surface area (Å²) in [4.78, 5) is 20.0. The molecule has 1 amide bonds. The number of imidazole rings is 1. The highest BCUT2D eigenvalue weighted by Crippen LogP contribution is 2.47. The van der Waals surface area contributed by atoms with Crippen molar-refractivity contribution in [2.45, 2.75) is 18.9 Å². The lowest BCUT2D eigenvalue weighted by Crippen LogP contribution is -2.25. The van der Waals surface area contributed by atoms with Gasteiger partial charge in [-0.3, -0.25) is 4.79 Å². The first-order valence-corrected chi connectivity index (χ1v) is 8.75. The number of aromatic amines is 1. The van der Waals surface area contributed by atoms with Crippen molar-refractivity contribution in [3.05, 3.63) is 72.2 Å². The molecular formula is C21H21N3O2. The first kappa shape index (κ1) is 16.4. The van der Waals surface area contributed by atoms with Gasteiger partial charge < -0.3 is 15.0 Å². The van der Waals surface area contributed by atoms with E-state index in [2.05, 4.69) is 15.3 Å². The quantitative estimate of drug-likeness (QED) is 0.717. The van der Waals surface area contributed by atoms with Crippen molar-refractivity contribution in [1.29, 1.82) is 0 Å². The molecule has 2 aromatic carbocycles. The van der Waals surface area contributed by atoms with Gasteiger partial charge in [0.1, 0.15) is 11.6 Å². The molecule has 2 N–H and O–H groups in total. The smallest absolute Gasteiger partial charge is 0.224 e. The number of hydrogen-bond donors (Lipinski definition) is 2. The monoisotopic (exact) mass is 347 g/mol. The zero-order chi connectivity index (χ0) is 17.9. The van der Waals surface area contributed by atoms with Crippen molar-refractivity contribution >= 4 is 5.91 Å². The summed E-state index contributed by atoms with van der Waals surface area (Å²) in [6.45, 7) is 0.414. The van der Waals surface area contributed by atoms with Gasteiger partial charge in [-0.25, -0.2) is 4.98 Å². The molecule has 1 saturated carbocycles. The number of H-pyrrole nitrogens is 1. The number of aromatic nitrogens is 2. The molecule has 1 heterocycles. The molecule has 1 aromatic heterocycles. The lowest BCUT2D eigenvalue weighted by Gasteiger charge is -2.04. The van der Waals surface area contributed by atoms with Crippen molar-refractivity contribution in [1.82, 2.24) is 15.3 Å². The Balaban J connectivity index is 1.31. The van der Waals surface area contributed by atoms with Crippen LogP contribution in [0, 0.1) is 5.92 Å². The number of nitrogens with one attached hydrogen (secondary N) is 2. The number of carbonyl (C=O) groups is 1. The van der Waals surface area contributed by atoms with Crippen LogP contribution in [0.4, 0.5) is 0 Å². The molecule has 1 fully saturated rings. The van der Waals surface area contributed by atoms with Gasteiger partial charge in [0.25, 0.3) is 0 Å². The summed E-state index contributed by atoms with van der Waals surface area (Å²) in [7, 11) is 1.65. The molecule has 0 unspecified atom stereocenters. The highest BCUT2D eigenvalue weighted by Gasteiger charge is 2.43. The molecule has 5 nitrogen and oxygen atoms in total. The zero-order valence-electron chi connectivity index (χ0n) is 14.6. The number of carbonyl (C=O) groups excluding carboxylic acids is 1. The number of amides is 1. The van der Waals surface area contributed by atoms with Gasteiger partial charge in [-0.15, -0.1) is 0 Å². The van der Waals surface area contributed by atoms with Crippen LogP contribution in [-0.2, 0) is 11.3 Å². The predicted octanol–water partition coefficient (Wildman–Crippen LogP) is 3.51. The molecule has 0 spiro atoms. The maximum absolute atomic E-state index is 12.4. The number of methoxy groups -OCH3 is 1. The molecule has 0 saturated heterocycles. The summed E-state index contributed by atoms with van der Waals surface area (Å²) in [5.74, 6) is 2.04. The third-order valence-corrected chi connectivity index (χ3v) is 4.81. The molecule has 26 heavy (non-hydrogen) atoms. The first-order chi connectivity index (χ1) is 12.7. The van der Waals surface area contributed by atoms with Crippen LogP contribution in [0.15, 0.2) is 60.8 Å². The van der Waals surface area contributed by atoms with Crippen molar-refractivity contribution < 1.29 is 9.53 Å². The van der Waals surface area contributed by atoms with Crippen LogP contribution >= 0.6 is 0 Å². The molecular weight excluding hydrogens is 326 g/mol. The van der Waals surface area contributed by atoms with Crippen LogP contribution in [0.3, 0.4) is 0 Å².